The molecule has 0 aliphatic heterocycles. The second-order valence-electron chi connectivity index (χ2n) is 4.28. The van der Waals surface area contributed by atoms with Gasteiger partial charge in [0, 0.05) is 7.05 Å². The molecule has 0 unspecified atom stereocenters. The zero-order valence-corrected chi connectivity index (χ0v) is 11.0. The van der Waals surface area contributed by atoms with Crippen LogP contribution >= 0.6 is 0 Å². The summed E-state index contributed by atoms with van der Waals surface area (Å²) in [6.07, 6.45) is 0. The molecular formula is C14H13NO6. The molecule has 0 radical (unpaired) electrons. The molecule has 0 bridgehead atoms. The summed E-state index contributed by atoms with van der Waals surface area (Å²) >= 11 is 0. The van der Waals surface area contributed by atoms with Crippen LogP contribution in [0.4, 0.5) is 5.69 Å². The van der Waals surface area contributed by atoms with Crippen molar-refractivity contribution in [2.75, 3.05) is 12.4 Å². The quantitative estimate of drug-likeness (QED) is 0.376. The van der Waals surface area contributed by atoms with E-state index in [4.69, 9.17) is 5.11 Å². The number of rotatable bonds is 3. The third-order valence-electron chi connectivity index (χ3n) is 3.04. The van der Waals surface area contributed by atoms with Gasteiger partial charge in [0.25, 0.3) is 0 Å². The number of anilines is 1. The van der Waals surface area contributed by atoms with Gasteiger partial charge in [0.1, 0.15) is 5.69 Å². The monoisotopic (exact) mass is 291 g/mol. The van der Waals surface area contributed by atoms with Crippen LogP contribution in [-0.2, 0) is 0 Å². The Kier molecular flexibility index (Phi) is 3.49. The lowest BCUT2D eigenvalue weighted by molar-refractivity contribution is 0.0697. The largest absolute Gasteiger partial charge is 0.505 e. The van der Waals surface area contributed by atoms with Crippen LogP contribution in [0.25, 0.3) is 11.1 Å². The van der Waals surface area contributed by atoms with E-state index in [0.29, 0.717) is 0 Å². The average Bonchev–Trinajstić information content (AvgIpc) is 2.46. The number of carboxylic acid groups (broad SMARTS) is 1. The van der Waals surface area contributed by atoms with E-state index in [-0.39, 0.29) is 22.4 Å². The maximum Gasteiger partial charge on any atom is 0.335 e. The summed E-state index contributed by atoms with van der Waals surface area (Å²) in [5, 5.41) is 50.8. The molecule has 21 heavy (non-hydrogen) atoms. The van der Waals surface area contributed by atoms with Crippen molar-refractivity contribution in [3.8, 4) is 34.1 Å². The minimum Gasteiger partial charge on any atom is -0.505 e. The van der Waals surface area contributed by atoms with E-state index in [1.54, 1.807) is 0 Å². The van der Waals surface area contributed by atoms with Crippen molar-refractivity contribution in [3.05, 3.63) is 29.8 Å². The molecule has 0 aliphatic rings. The molecule has 0 fully saturated rings. The van der Waals surface area contributed by atoms with Gasteiger partial charge in [-0.3, -0.25) is 0 Å². The Morgan fingerprint density at radius 2 is 1.67 bits per heavy atom. The Morgan fingerprint density at radius 3 is 2.24 bits per heavy atom. The molecule has 0 atom stereocenters. The van der Waals surface area contributed by atoms with Gasteiger partial charge in [-0.2, -0.15) is 0 Å². The minimum atomic E-state index is -1.17. The Balaban J connectivity index is 2.78. The molecule has 110 valence electrons. The Hall–Kier alpha value is -3.09. The average molecular weight is 291 g/mol. The summed E-state index contributed by atoms with van der Waals surface area (Å²) in [6, 6.07) is 5.46. The van der Waals surface area contributed by atoms with Crippen LogP contribution in [0, 0.1) is 0 Å². The van der Waals surface area contributed by atoms with Gasteiger partial charge in [-0.05, 0) is 17.7 Å². The first-order valence-electron chi connectivity index (χ1n) is 5.89. The molecule has 0 saturated carbocycles. The van der Waals surface area contributed by atoms with Crippen molar-refractivity contribution in [1.29, 1.82) is 0 Å². The van der Waals surface area contributed by atoms with Gasteiger partial charge in [0.05, 0.1) is 11.1 Å². The summed E-state index contributed by atoms with van der Waals surface area (Å²) in [5.41, 5.74) is -0.236. The number of carboxylic acids is 1. The van der Waals surface area contributed by atoms with Gasteiger partial charge in [0.15, 0.2) is 17.2 Å². The molecule has 2 rings (SSSR count). The highest BCUT2D eigenvalue weighted by molar-refractivity contribution is 5.93. The molecule has 0 amide bonds. The molecule has 7 heteroatoms. The fourth-order valence-electron chi connectivity index (χ4n) is 2.02. The molecule has 7 nitrogen and oxygen atoms in total. The fourth-order valence-corrected chi connectivity index (χ4v) is 2.02. The first kappa shape index (κ1) is 14.3. The Bertz CT molecular complexity index is 726. The van der Waals surface area contributed by atoms with Crippen LogP contribution in [0.5, 0.6) is 23.0 Å². The summed E-state index contributed by atoms with van der Waals surface area (Å²) < 4.78 is 0. The van der Waals surface area contributed by atoms with Crippen molar-refractivity contribution in [3.63, 3.8) is 0 Å². The van der Waals surface area contributed by atoms with E-state index < -0.39 is 29.0 Å². The second-order valence-corrected chi connectivity index (χ2v) is 4.28. The maximum atomic E-state index is 11.0. The van der Waals surface area contributed by atoms with E-state index in [0.717, 1.165) is 0 Å². The number of hydrogen-bond acceptors (Lipinski definition) is 6. The third-order valence-corrected chi connectivity index (χ3v) is 3.04. The highest BCUT2D eigenvalue weighted by Crippen LogP contribution is 2.53. The summed E-state index contributed by atoms with van der Waals surface area (Å²) in [5.74, 6) is -3.94. The summed E-state index contributed by atoms with van der Waals surface area (Å²) in [7, 11) is 1.41. The number of aromatic carboxylic acids is 1. The first-order chi connectivity index (χ1) is 9.88. The Labute approximate surface area is 119 Å². The van der Waals surface area contributed by atoms with Crippen molar-refractivity contribution < 1.29 is 30.3 Å². The van der Waals surface area contributed by atoms with E-state index >= 15 is 0 Å². The lowest BCUT2D eigenvalue weighted by Crippen LogP contribution is -1.97. The van der Waals surface area contributed by atoms with Gasteiger partial charge >= 0.3 is 5.97 Å². The summed E-state index contributed by atoms with van der Waals surface area (Å²) in [4.78, 5) is 11.0. The van der Waals surface area contributed by atoms with Crippen LogP contribution in [0.2, 0.25) is 0 Å². The smallest absolute Gasteiger partial charge is 0.335 e. The van der Waals surface area contributed by atoms with Crippen LogP contribution in [0.15, 0.2) is 24.3 Å². The van der Waals surface area contributed by atoms with Crippen LogP contribution < -0.4 is 5.32 Å². The molecule has 6 N–H and O–H groups in total. The molecule has 2 aromatic rings. The zero-order valence-electron chi connectivity index (χ0n) is 11.0. The second kappa shape index (κ2) is 5.12. The number of benzene rings is 2. The normalized spacial score (nSPS) is 10.3. The van der Waals surface area contributed by atoms with E-state index in [1.165, 1.54) is 31.3 Å². The number of phenols is 4. The van der Waals surface area contributed by atoms with E-state index in [9.17, 15) is 25.2 Å². The molecule has 0 heterocycles. The molecular weight excluding hydrogens is 278 g/mol. The van der Waals surface area contributed by atoms with E-state index in [1.807, 2.05) is 0 Å². The van der Waals surface area contributed by atoms with Gasteiger partial charge < -0.3 is 30.8 Å². The SMILES string of the molecule is CNc1c(O)c(O)c(O)c(-c2cccc(C(=O)O)c2)c1O. The number of aromatic hydroxyl groups is 4. The van der Waals surface area contributed by atoms with Gasteiger partial charge in [-0.15, -0.1) is 0 Å². The van der Waals surface area contributed by atoms with Crippen molar-refractivity contribution >= 4 is 11.7 Å². The highest BCUT2D eigenvalue weighted by Gasteiger charge is 2.24. The lowest BCUT2D eigenvalue weighted by atomic mass is 9.99. The van der Waals surface area contributed by atoms with Gasteiger partial charge in [-0.1, -0.05) is 12.1 Å². The number of hydrogen-bond donors (Lipinski definition) is 6. The van der Waals surface area contributed by atoms with Crippen LogP contribution in [0.1, 0.15) is 10.4 Å². The van der Waals surface area contributed by atoms with Crippen molar-refractivity contribution in [1.82, 2.24) is 0 Å². The van der Waals surface area contributed by atoms with Crippen molar-refractivity contribution in [2.24, 2.45) is 0 Å². The molecule has 0 saturated heterocycles. The topological polar surface area (TPSA) is 130 Å². The third kappa shape index (κ3) is 2.25. The number of carbonyl (C=O) groups is 1. The zero-order chi connectivity index (χ0) is 15.7. The van der Waals surface area contributed by atoms with E-state index in [2.05, 4.69) is 5.32 Å². The van der Waals surface area contributed by atoms with Crippen LogP contribution in [0.3, 0.4) is 0 Å². The predicted octanol–water partition coefficient (Wildman–Crippen LogP) is 1.92. The lowest BCUT2D eigenvalue weighted by Gasteiger charge is -2.15. The number of nitrogens with one attached hydrogen (secondary N) is 1. The maximum absolute atomic E-state index is 11.0. The molecule has 0 spiro atoms. The summed E-state index contributed by atoms with van der Waals surface area (Å²) in [6.45, 7) is 0. The first-order valence-corrected chi connectivity index (χ1v) is 5.89. The molecule has 2 aromatic carbocycles. The fraction of sp³-hybridized carbons (Fsp3) is 0.0714. The molecule has 0 aromatic heterocycles. The van der Waals surface area contributed by atoms with Crippen LogP contribution in [-0.4, -0.2) is 38.5 Å². The Morgan fingerprint density at radius 1 is 1.00 bits per heavy atom. The highest BCUT2D eigenvalue weighted by atomic mass is 16.4. The number of phenolic OH excluding ortho intramolecular Hbond substituents is 4. The molecule has 0 aliphatic carbocycles. The van der Waals surface area contributed by atoms with Gasteiger partial charge in [0.2, 0.25) is 5.75 Å². The van der Waals surface area contributed by atoms with Crippen molar-refractivity contribution in [2.45, 2.75) is 0 Å². The standard InChI is InChI=1S/C14H13NO6/c1-15-9-10(16)8(11(17)13(19)12(9)18)6-3-2-4-7(5-6)14(20)21/h2-5,15-19H,1H3,(H,20,21). The van der Waals surface area contributed by atoms with Gasteiger partial charge in [-0.25, -0.2) is 4.79 Å². The minimum absolute atomic E-state index is 0.0510. The predicted molar refractivity (Wildman–Crippen MR) is 75.0 cm³/mol.